The van der Waals surface area contributed by atoms with Crippen molar-refractivity contribution in [3.8, 4) is 0 Å². The van der Waals surface area contributed by atoms with Crippen LogP contribution in [-0.2, 0) is 0 Å². The van der Waals surface area contributed by atoms with Crippen LogP contribution in [0.15, 0.2) is 24.3 Å². The maximum absolute atomic E-state index is 12.9. The van der Waals surface area contributed by atoms with E-state index in [1.54, 1.807) is 12.1 Å². The van der Waals surface area contributed by atoms with Crippen LogP contribution in [0.2, 0.25) is 0 Å². The van der Waals surface area contributed by atoms with E-state index < -0.39 is 0 Å². The molecule has 1 aliphatic heterocycles. The van der Waals surface area contributed by atoms with E-state index in [9.17, 15) is 9.18 Å². The molecule has 1 atom stereocenters. The van der Waals surface area contributed by atoms with E-state index >= 15 is 0 Å². The van der Waals surface area contributed by atoms with E-state index in [0.717, 1.165) is 32.4 Å². The molecule has 3 nitrogen and oxygen atoms in total. The quantitative estimate of drug-likeness (QED) is 0.909. The number of nitrogens with zero attached hydrogens (tertiary/aromatic N) is 1. The minimum absolute atomic E-state index is 0.00236. The fraction of sp³-hybridized carbons (Fsp3) is 0.533. The second kappa shape index (κ2) is 5.70. The average Bonchev–Trinajstić information content (AvgIpc) is 2.39. The van der Waals surface area contributed by atoms with Gasteiger partial charge in [-0.05, 0) is 57.5 Å². The van der Waals surface area contributed by atoms with E-state index in [1.165, 1.54) is 12.1 Å². The number of carbonyl (C=O) groups excluding carboxylic acids is 1. The Kier molecular flexibility index (Phi) is 4.20. The van der Waals surface area contributed by atoms with E-state index in [2.05, 4.69) is 12.2 Å². The Morgan fingerprint density at radius 1 is 1.37 bits per heavy atom. The van der Waals surface area contributed by atoms with Crippen LogP contribution in [0.4, 0.5) is 4.39 Å². The average molecular weight is 264 g/mol. The highest BCUT2D eigenvalue weighted by Crippen LogP contribution is 2.29. The first-order valence-electron chi connectivity index (χ1n) is 6.79. The number of likely N-dealkylation sites (tertiary alicyclic amines) is 1. The molecular formula is C15H21FN2O. The molecule has 104 valence electrons. The van der Waals surface area contributed by atoms with Crippen LogP contribution in [0.5, 0.6) is 0 Å². The summed E-state index contributed by atoms with van der Waals surface area (Å²) in [5, 5.41) is 3.17. The van der Waals surface area contributed by atoms with Crippen molar-refractivity contribution in [2.75, 3.05) is 20.1 Å². The van der Waals surface area contributed by atoms with Gasteiger partial charge >= 0.3 is 0 Å². The third-order valence-corrected chi connectivity index (χ3v) is 3.89. The van der Waals surface area contributed by atoms with Gasteiger partial charge in [0.1, 0.15) is 5.82 Å². The number of halogens is 1. The Morgan fingerprint density at radius 3 is 2.68 bits per heavy atom. The number of amides is 1. The zero-order valence-corrected chi connectivity index (χ0v) is 11.6. The lowest BCUT2D eigenvalue weighted by atomic mass is 9.87. The summed E-state index contributed by atoms with van der Waals surface area (Å²) in [5.74, 6) is -0.314. The maximum Gasteiger partial charge on any atom is 0.254 e. The van der Waals surface area contributed by atoms with Crippen LogP contribution in [0, 0.1) is 5.82 Å². The molecule has 0 radical (unpaired) electrons. The number of rotatable bonds is 3. The van der Waals surface area contributed by atoms with Gasteiger partial charge in [-0.1, -0.05) is 0 Å². The molecule has 0 spiro atoms. The third kappa shape index (κ3) is 2.95. The normalized spacial score (nSPS) is 23.4. The molecule has 19 heavy (non-hydrogen) atoms. The number of nitrogens with one attached hydrogen (secondary N) is 1. The van der Waals surface area contributed by atoms with Crippen molar-refractivity contribution in [2.24, 2.45) is 0 Å². The largest absolute Gasteiger partial charge is 0.332 e. The topological polar surface area (TPSA) is 32.3 Å². The highest BCUT2D eigenvalue weighted by Gasteiger charge is 2.37. The van der Waals surface area contributed by atoms with E-state index in [4.69, 9.17) is 0 Å². The molecule has 1 unspecified atom stereocenters. The lowest BCUT2D eigenvalue weighted by Gasteiger charge is -2.45. The minimum atomic E-state index is -0.312. The van der Waals surface area contributed by atoms with Crippen molar-refractivity contribution in [1.82, 2.24) is 10.2 Å². The standard InChI is InChI=1S/C15H21FN2O/c1-15(11-17-2)9-3-4-10-18(15)14(19)12-5-7-13(16)8-6-12/h5-8,17H,3-4,9-11H2,1-2H3. The first-order valence-corrected chi connectivity index (χ1v) is 6.79. The Hall–Kier alpha value is -1.42. The van der Waals surface area contributed by atoms with Gasteiger partial charge in [-0.25, -0.2) is 4.39 Å². The summed E-state index contributed by atoms with van der Waals surface area (Å²) >= 11 is 0. The van der Waals surface area contributed by atoms with Crippen LogP contribution in [0.1, 0.15) is 36.5 Å². The van der Waals surface area contributed by atoms with Crippen molar-refractivity contribution in [3.63, 3.8) is 0 Å². The van der Waals surface area contributed by atoms with Gasteiger partial charge in [0, 0.05) is 18.7 Å². The zero-order chi connectivity index (χ0) is 13.9. The Labute approximate surface area is 113 Å². The van der Waals surface area contributed by atoms with Gasteiger partial charge in [-0.2, -0.15) is 0 Å². The summed E-state index contributed by atoms with van der Waals surface area (Å²) in [5.41, 5.74) is 0.406. The maximum atomic E-state index is 12.9. The van der Waals surface area contributed by atoms with E-state index in [0.29, 0.717) is 5.56 Å². The van der Waals surface area contributed by atoms with Crippen molar-refractivity contribution < 1.29 is 9.18 Å². The Balaban J connectivity index is 2.22. The van der Waals surface area contributed by atoms with Crippen LogP contribution in [0.3, 0.4) is 0 Å². The smallest absolute Gasteiger partial charge is 0.254 e. The number of hydrogen-bond donors (Lipinski definition) is 1. The molecule has 1 aromatic rings. The lowest BCUT2D eigenvalue weighted by Crippen LogP contribution is -2.57. The van der Waals surface area contributed by atoms with Gasteiger partial charge in [0.15, 0.2) is 0 Å². The second-order valence-corrected chi connectivity index (χ2v) is 5.45. The molecule has 1 heterocycles. The third-order valence-electron chi connectivity index (χ3n) is 3.89. The van der Waals surface area contributed by atoms with Gasteiger partial charge in [0.2, 0.25) is 0 Å². The molecule has 1 fully saturated rings. The van der Waals surface area contributed by atoms with Crippen molar-refractivity contribution in [3.05, 3.63) is 35.6 Å². The van der Waals surface area contributed by atoms with Gasteiger partial charge < -0.3 is 10.2 Å². The zero-order valence-electron chi connectivity index (χ0n) is 11.6. The van der Waals surface area contributed by atoms with Crippen molar-refractivity contribution >= 4 is 5.91 Å². The van der Waals surface area contributed by atoms with E-state index in [1.807, 2.05) is 11.9 Å². The highest BCUT2D eigenvalue weighted by atomic mass is 19.1. The summed E-state index contributed by atoms with van der Waals surface area (Å²) in [6.07, 6.45) is 3.18. The predicted octanol–water partition coefficient (Wildman–Crippen LogP) is 2.43. The van der Waals surface area contributed by atoms with Gasteiger partial charge in [-0.15, -0.1) is 0 Å². The minimum Gasteiger partial charge on any atom is -0.332 e. The molecule has 4 heteroatoms. The van der Waals surface area contributed by atoms with Gasteiger partial charge in [0.25, 0.3) is 5.91 Å². The SMILES string of the molecule is CNCC1(C)CCCCN1C(=O)c1ccc(F)cc1. The van der Waals surface area contributed by atoms with Gasteiger partial charge in [-0.3, -0.25) is 4.79 Å². The molecule has 1 aromatic carbocycles. The first-order chi connectivity index (χ1) is 9.07. The molecule has 2 rings (SSSR count). The van der Waals surface area contributed by atoms with Gasteiger partial charge in [0.05, 0.1) is 5.54 Å². The van der Waals surface area contributed by atoms with Crippen molar-refractivity contribution in [1.29, 1.82) is 0 Å². The molecule has 1 saturated heterocycles. The summed E-state index contributed by atoms with van der Waals surface area (Å²) in [4.78, 5) is 14.5. The Bertz CT molecular complexity index is 442. The monoisotopic (exact) mass is 264 g/mol. The van der Waals surface area contributed by atoms with Crippen molar-refractivity contribution in [2.45, 2.75) is 31.7 Å². The summed E-state index contributed by atoms with van der Waals surface area (Å²) in [7, 11) is 1.90. The summed E-state index contributed by atoms with van der Waals surface area (Å²) in [6.45, 7) is 3.67. The lowest BCUT2D eigenvalue weighted by molar-refractivity contribution is 0.0382. The van der Waals surface area contributed by atoms with Crippen LogP contribution in [-0.4, -0.2) is 36.5 Å². The number of benzene rings is 1. The number of likely N-dealkylation sites (N-methyl/N-ethyl adjacent to an activating group) is 1. The molecule has 0 saturated carbocycles. The fourth-order valence-electron chi connectivity index (χ4n) is 2.84. The predicted molar refractivity (Wildman–Crippen MR) is 73.6 cm³/mol. The molecule has 0 aromatic heterocycles. The van der Waals surface area contributed by atoms with Crippen LogP contribution in [0.25, 0.3) is 0 Å². The molecule has 1 amide bonds. The number of hydrogen-bond acceptors (Lipinski definition) is 2. The number of piperidine rings is 1. The summed E-state index contributed by atoms with van der Waals surface area (Å²) in [6, 6.07) is 5.80. The highest BCUT2D eigenvalue weighted by molar-refractivity contribution is 5.94. The molecule has 1 aliphatic rings. The number of carbonyl (C=O) groups is 1. The molecule has 1 N–H and O–H groups in total. The Morgan fingerprint density at radius 2 is 2.05 bits per heavy atom. The first kappa shape index (κ1) is 14.0. The van der Waals surface area contributed by atoms with Crippen LogP contribution >= 0.6 is 0 Å². The fourth-order valence-corrected chi connectivity index (χ4v) is 2.84. The molecular weight excluding hydrogens is 243 g/mol. The second-order valence-electron chi connectivity index (χ2n) is 5.45. The van der Waals surface area contributed by atoms with E-state index in [-0.39, 0.29) is 17.3 Å². The van der Waals surface area contributed by atoms with Crippen LogP contribution < -0.4 is 5.32 Å². The summed E-state index contributed by atoms with van der Waals surface area (Å²) < 4.78 is 12.9. The molecule has 0 bridgehead atoms. The molecule has 0 aliphatic carbocycles.